The van der Waals surface area contributed by atoms with Gasteiger partial charge in [-0.2, -0.15) is 0 Å². The lowest BCUT2D eigenvalue weighted by molar-refractivity contribution is -0.115. The van der Waals surface area contributed by atoms with Crippen molar-refractivity contribution in [2.24, 2.45) is 10.9 Å². The van der Waals surface area contributed by atoms with Crippen molar-refractivity contribution < 1.29 is 9.18 Å². The minimum absolute atomic E-state index is 0.0585. The summed E-state index contributed by atoms with van der Waals surface area (Å²) in [6.45, 7) is 17.9. The summed E-state index contributed by atoms with van der Waals surface area (Å²) in [5, 5.41) is 0. The Kier molecular flexibility index (Phi) is 14.5. The molecule has 0 aromatic carbocycles. The molecule has 4 unspecified atom stereocenters. The lowest BCUT2D eigenvalue weighted by Gasteiger charge is -2.23. The van der Waals surface area contributed by atoms with Gasteiger partial charge in [-0.1, -0.05) is 58.6 Å². The van der Waals surface area contributed by atoms with Crippen LogP contribution in [0.3, 0.4) is 0 Å². The third kappa shape index (κ3) is 10.1. The van der Waals surface area contributed by atoms with Crippen LogP contribution in [0.2, 0.25) is 0 Å². The van der Waals surface area contributed by atoms with E-state index in [0.29, 0.717) is 24.4 Å². The molecule has 5 heteroatoms. The molecule has 0 bridgehead atoms. The molecular formula is C26H44FN2OP. The monoisotopic (exact) mass is 450 g/mol. The SMILES string of the molecule is C=C/C=C(\C=C/C)C1CC(F)C(=NC(C(=O)CC)=C(C)C)N1C.CCC(P)CC(C)C. The average molecular weight is 451 g/mol. The van der Waals surface area contributed by atoms with Gasteiger partial charge in [0, 0.05) is 19.9 Å². The second-order valence-electron chi connectivity index (χ2n) is 8.63. The summed E-state index contributed by atoms with van der Waals surface area (Å²) in [6, 6.07) is -0.104. The number of carbonyl (C=O) groups excluding carboxylic acids is 1. The molecule has 1 aliphatic rings. The van der Waals surface area contributed by atoms with Crippen LogP contribution in [0.4, 0.5) is 4.39 Å². The van der Waals surface area contributed by atoms with Crippen LogP contribution in [0.25, 0.3) is 0 Å². The molecule has 1 aliphatic heterocycles. The largest absolute Gasteiger partial charge is 0.353 e. The topological polar surface area (TPSA) is 32.7 Å². The Morgan fingerprint density at radius 1 is 1.35 bits per heavy atom. The Morgan fingerprint density at radius 3 is 2.35 bits per heavy atom. The van der Waals surface area contributed by atoms with Crippen molar-refractivity contribution in [1.82, 2.24) is 4.90 Å². The van der Waals surface area contributed by atoms with Gasteiger partial charge in [-0.05, 0) is 56.3 Å². The predicted octanol–water partition coefficient (Wildman–Crippen LogP) is 7.07. The number of likely N-dealkylation sites (N-methyl/N-ethyl adjacent to an activating group) is 1. The molecule has 0 aliphatic carbocycles. The summed E-state index contributed by atoms with van der Waals surface area (Å²) in [6.07, 6.45) is 9.62. The number of likely N-dealkylation sites (tertiary alicyclic amines) is 1. The predicted molar refractivity (Wildman–Crippen MR) is 139 cm³/mol. The molecule has 1 rings (SSSR count). The van der Waals surface area contributed by atoms with Gasteiger partial charge in [0.15, 0.2) is 12.0 Å². The molecule has 1 heterocycles. The standard InChI is InChI=1S/C19H27FN2O.C7H17P/c1-7-10-14(11-8-2)16-12-15(20)19(22(16)6)21-18(13(4)5)17(23)9-3;1-4-7(8)5-6(2)3/h7-8,10-11,15-16H,1,9,12H2,2-6H3;6-7H,4-5,8H2,1-3H3/b11-8-,14-10+,21-19?;. The van der Waals surface area contributed by atoms with Gasteiger partial charge in [0.1, 0.15) is 11.5 Å². The minimum atomic E-state index is -1.18. The van der Waals surface area contributed by atoms with Crippen molar-refractivity contribution in [3.8, 4) is 0 Å². The molecule has 0 saturated carbocycles. The van der Waals surface area contributed by atoms with E-state index in [9.17, 15) is 9.18 Å². The van der Waals surface area contributed by atoms with Gasteiger partial charge in [-0.25, -0.2) is 9.38 Å². The van der Waals surface area contributed by atoms with E-state index in [1.165, 1.54) is 12.8 Å². The van der Waals surface area contributed by atoms with E-state index in [0.717, 1.165) is 22.7 Å². The number of hydrogen-bond donors (Lipinski definition) is 0. The average Bonchev–Trinajstić information content (AvgIpc) is 2.98. The van der Waals surface area contributed by atoms with Crippen molar-refractivity contribution in [2.75, 3.05) is 7.05 Å². The third-order valence-electron chi connectivity index (χ3n) is 5.18. The van der Waals surface area contributed by atoms with Crippen LogP contribution < -0.4 is 0 Å². The van der Waals surface area contributed by atoms with Gasteiger partial charge >= 0.3 is 0 Å². The van der Waals surface area contributed by atoms with E-state index in [2.05, 4.69) is 41.6 Å². The van der Waals surface area contributed by atoms with Crippen LogP contribution in [0.5, 0.6) is 0 Å². The summed E-state index contributed by atoms with van der Waals surface area (Å²) >= 11 is 0. The Bertz CT molecular complexity index is 702. The minimum Gasteiger partial charge on any atom is -0.353 e. The smallest absolute Gasteiger partial charge is 0.180 e. The quantitative estimate of drug-likeness (QED) is 0.214. The highest BCUT2D eigenvalue weighted by atomic mass is 31.0. The fraction of sp³-hybridized carbons (Fsp3) is 0.615. The van der Waals surface area contributed by atoms with E-state index in [1.807, 2.05) is 50.9 Å². The summed E-state index contributed by atoms with van der Waals surface area (Å²) in [5.74, 6) is 1.13. The number of nitrogens with zero attached hydrogens (tertiary/aromatic N) is 2. The zero-order valence-corrected chi connectivity index (χ0v) is 22.1. The van der Waals surface area contributed by atoms with Gasteiger partial charge in [0.05, 0.1) is 6.04 Å². The first-order valence-corrected chi connectivity index (χ1v) is 12.1. The molecule has 0 aromatic heterocycles. The highest BCUT2D eigenvalue weighted by molar-refractivity contribution is 7.17. The number of hydrogen-bond acceptors (Lipinski definition) is 2. The molecule has 0 spiro atoms. The molecule has 3 nitrogen and oxygen atoms in total. The fourth-order valence-electron chi connectivity index (χ4n) is 3.46. The fourth-order valence-corrected chi connectivity index (χ4v) is 4.01. The zero-order chi connectivity index (χ0) is 24.1. The van der Waals surface area contributed by atoms with Gasteiger partial charge in [-0.15, -0.1) is 9.24 Å². The lowest BCUT2D eigenvalue weighted by Crippen LogP contribution is -2.31. The van der Waals surface area contributed by atoms with Crippen LogP contribution >= 0.6 is 9.24 Å². The van der Waals surface area contributed by atoms with Gasteiger partial charge < -0.3 is 4.90 Å². The number of Topliss-reactive ketones (excluding diaryl/α,β-unsaturated/α-hetero) is 1. The van der Waals surface area contributed by atoms with Crippen molar-refractivity contribution in [2.45, 2.75) is 92.0 Å². The molecule has 0 aromatic rings. The number of halogens is 1. The van der Waals surface area contributed by atoms with Crippen molar-refractivity contribution in [1.29, 1.82) is 0 Å². The Balaban J connectivity index is 0.000000954. The van der Waals surface area contributed by atoms with E-state index < -0.39 is 6.17 Å². The molecule has 0 radical (unpaired) electrons. The number of rotatable bonds is 9. The second kappa shape index (κ2) is 15.3. The van der Waals surface area contributed by atoms with Crippen LogP contribution in [-0.4, -0.2) is 41.4 Å². The second-order valence-corrected chi connectivity index (χ2v) is 9.57. The maximum Gasteiger partial charge on any atom is 0.180 e. The Hall–Kier alpha value is -1.54. The number of allylic oxidation sites excluding steroid dienone is 5. The summed E-state index contributed by atoms with van der Waals surface area (Å²) in [7, 11) is 4.70. The maximum absolute atomic E-state index is 14.5. The molecule has 1 fully saturated rings. The third-order valence-corrected chi connectivity index (χ3v) is 5.92. The molecule has 1 saturated heterocycles. The first kappa shape index (κ1) is 29.5. The number of carbonyl (C=O) groups is 1. The van der Waals surface area contributed by atoms with Gasteiger partial charge in [0.2, 0.25) is 0 Å². The van der Waals surface area contributed by atoms with E-state index >= 15 is 0 Å². The molecule has 176 valence electrons. The van der Waals surface area contributed by atoms with Crippen LogP contribution in [0.1, 0.15) is 74.1 Å². The number of amidine groups is 1. The number of alkyl halides is 1. The van der Waals surface area contributed by atoms with E-state index in [1.54, 1.807) is 13.0 Å². The number of aliphatic imine (C=N–C) groups is 1. The van der Waals surface area contributed by atoms with Gasteiger partial charge in [0.25, 0.3) is 0 Å². The number of ketones is 1. The van der Waals surface area contributed by atoms with E-state index in [-0.39, 0.29) is 11.8 Å². The Morgan fingerprint density at radius 2 is 1.97 bits per heavy atom. The molecule has 0 N–H and O–H groups in total. The highest BCUT2D eigenvalue weighted by Crippen LogP contribution is 2.29. The normalized spacial score (nSPS) is 21.3. The summed E-state index contributed by atoms with van der Waals surface area (Å²) in [5.41, 5.74) is 3.01. The van der Waals surface area contributed by atoms with Crippen LogP contribution in [-0.2, 0) is 4.79 Å². The maximum atomic E-state index is 14.5. The van der Waals surface area contributed by atoms with Crippen molar-refractivity contribution in [3.05, 3.63) is 47.7 Å². The molecule has 0 amide bonds. The van der Waals surface area contributed by atoms with Gasteiger partial charge in [-0.3, -0.25) is 4.79 Å². The van der Waals surface area contributed by atoms with Crippen LogP contribution in [0.15, 0.2) is 52.7 Å². The zero-order valence-electron chi connectivity index (χ0n) is 20.9. The Labute approximate surface area is 192 Å². The summed E-state index contributed by atoms with van der Waals surface area (Å²) < 4.78 is 14.5. The van der Waals surface area contributed by atoms with E-state index in [4.69, 9.17) is 0 Å². The van der Waals surface area contributed by atoms with Crippen molar-refractivity contribution >= 4 is 20.9 Å². The lowest BCUT2D eigenvalue weighted by atomic mass is 10.0. The first-order valence-electron chi connectivity index (χ1n) is 11.4. The molecule has 4 atom stereocenters. The first-order chi connectivity index (χ1) is 14.5. The van der Waals surface area contributed by atoms with Crippen LogP contribution in [0, 0.1) is 5.92 Å². The molecular weight excluding hydrogens is 406 g/mol. The highest BCUT2D eigenvalue weighted by Gasteiger charge is 2.37. The summed E-state index contributed by atoms with van der Waals surface area (Å²) in [4.78, 5) is 18.2. The van der Waals surface area contributed by atoms with Crippen molar-refractivity contribution in [3.63, 3.8) is 0 Å². The molecule has 31 heavy (non-hydrogen) atoms.